The average molecular weight is 396 g/mol. The molecule has 144 valence electrons. The molecule has 1 aromatic heterocycles. The maximum atomic E-state index is 12.4. The minimum atomic E-state index is 0.0265. The summed E-state index contributed by atoms with van der Waals surface area (Å²) in [5.41, 5.74) is 2.22. The maximum absolute atomic E-state index is 12.4. The van der Waals surface area contributed by atoms with Crippen LogP contribution in [-0.2, 0) is 11.3 Å². The Labute approximate surface area is 168 Å². The summed E-state index contributed by atoms with van der Waals surface area (Å²) in [5.74, 6) is 0.330. The molecule has 1 amide bonds. The molecule has 0 radical (unpaired) electrons. The summed E-state index contributed by atoms with van der Waals surface area (Å²) in [5, 5.41) is 15.6. The largest absolute Gasteiger partial charge is 0.347 e. The van der Waals surface area contributed by atoms with Crippen LogP contribution in [0.5, 0.6) is 0 Å². The van der Waals surface area contributed by atoms with Crippen molar-refractivity contribution in [3.8, 4) is 5.69 Å². The lowest BCUT2D eigenvalue weighted by Gasteiger charge is -2.14. The van der Waals surface area contributed by atoms with Crippen molar-refractivity contribution in [2.75, 3.05) is 18.8 Å². The van der Waals surface area contributed by atoms with Crippen LogP contribution in [-0.4, -0.2) is 51.0 Å². The number of benzene rings is 2. The van der Waals surface area contributed by atoms with Crippen molar-refractivity contribution in [2.45, 2.75) is 24.2 Å². The first-order valence-corrected chi connectivity index (χ1v) is 10.4. The predicted octanol–water partition coefficient (Wildman–Crippen LogP) is 0.728. The fourth-order valence-electron chi connectivity index (χ4n) is 3.50. The molecule has 2 aromatic carbocycles. The van der Waals surface area contributed by atoms with Crippen LogP contribution < -0.4 is 10.2 Å². The average Bonchev–Trinajstić information content (AvgIpc) is 3.37. The van der Waals surface area contributed by atoms with E-state index in [2.05, 4.69) is 45.1 Å². The van der Waals surface area contributed by atoms with Crippen LogP contribution in [0.4, 0.5) is 0 Å². The predicted molar refractivity (Wildman–Crippen MR) is 107 cm³/mol. The molecular weight excluding hydrogens is 372 g/mol. The first kappa shape index (κ1) is 18.6. The molecule has 1 unspecified atom stereocenters. The Bertz CT molecular complexity index is 901. The van der Waals surface area contributed by atoms with Crippen LogP contribution in [0, 0.1) is 0 Å². The summed E-state index contributed by atoms with van der Waals surface area (Å²) >= 11 is 1.35. The van der Waals surface area contributed by atoms with Gasteiger partial charge in [-0.3, -0.25) is 4.79 Å². The monoisotopic (exact) mass is 395 g/mol. The Morgan fingerprint density at radius 3 is 2.68 bits per heavy atom. The van der Waals surface area contributed by atoms with E-state index in [0.29, 0.717) is 10.9 Å². The minimum Gasteiger partial charge on any atom is -0.347 e. The van der Waals surface area contributed by atoms with E-state index in [4.69, 9.17) is 0 Å². The number of para-hydroxylation sites is 1. The SMILES string of the molecule is O=C(CSc1nnnn1-c1ccccc1)N[C@@H]1CC[NH+](Cc2ccccc2)C1. The lowest BCUT2D eigenvalue weighted by atomic mass is 10.2. The van der Waals surface area contributed by atoms with Gasteiger partial charge < -0.3 is 10.2 Å². The molecule has 1 aliphatic heterocycles. The Balaban J connectivity index is 1.25. The summed E-state index contributed by atoms with van der Waals surface area (Å²) < 4.78 is 1.65. The van der Waals surface area contributed by atoms with Gasteiger partial charge in [0.25, 0.3) is 0 Å². The van der Waals surface area contributed by atoms with E-state index in [0.717, 1.165) is 31.7 Å². The van der Waals surface area contributed by atoms with Gasteiger partial charge in [-0.1, -0.05) is 60.3 Å². The van der Waals surface area contributed by atoms with Gasteiger partial charge in [0.1, 0.15) is 6.54 Å². The summed E-state index contributed by atoms with van der Waals surface area (Å²) in [6, 6.07) is 20.4. The first-order chi connectivity index (χ1) is 13.8. The van der Waals surface area contributed by atoms with Crippen LogP contribution in [0.15, 0.2) is 65.8 Å². The van der Waals surface area contributed by atoms with Crippen LogP contribution >= 0.6 is 11.8 Å². The molecule has 1 fully saturated rings. The van der Waals surface area contributed by atoms with Crippen molar-refractivity contribution in [3.05, 3.63) is 66.2 Å². The van der Waals surface area contributed by atoms with Gasteiger partial charge in [0.05, 0.1) is 30.6 Å². The zero-order valence-electron chi connectivity index (χ0n) is 15.5. The van der Waals surface area contributed by atoms with Crippen molar-refractivity contribution in [1.29, 1.82) is 0 Å². The molecule has 8 heteroatoms. The van der Waals surface area contributed by atoms with Gasteiger partial charge in [0.15, 0.2) is 0 Å². The third kappa shape index (κ3) is 4.76. The van der Waals surface area contributed by atoms with E-state index < -0.39 is 0 Å². The molecule has 0 spiro atoms. The summed E-state index contributed by atoms with van der Waals surface area (Å²) in [4.78, 5) is 13.9. The van der Waals surface area contributed by atoms with Crippen molar-refractivity contribution < 1.29 is 9.69 Å². The summed E-state index contributed by atoms with van der Waals surface area (Å²) in [7, 11) is 0. The minimum absolute atomic E-state index is 0.0265. The normalized spacial score (nSPS) is 18.9. The van der Waals surface area contributed by atoms with Crippen LogP contribution in [0.25, 0.3) is 5.69 Å². The van der Waals surface area contributed by atoms with E-state index in [1.54, 1.807) is 4.68 Å². The quantitative estimate of drug-likeness (QED) is 0.577. The number of amides is 1. The van der Waals surface area contributed by atoms with Gasteiger partial charge in [-0.2, -0.15) is 4.68 Å². The smallest absolute Gasteiger partial charge is 0.230 e. The molecular formula is C20H23N6OS+. The number of thioether (sulfide) groups is 1. The van der Waals surface area contributed by atoms with Crippen molar-refractivity contribution >= 4 is 17.7 Å². The topological polar surface area (TPSA) is 77.1 Å². The number of quaternary nitrogens is 1. The number of likely N-dealkylation sites (tertiary alicyclic amines) is 1. The molecule has 0 bridgehead atoms. The van der Waals surface area contributed by atoms with Gasteiger partial charge >= 0.3 is 0 Å². The molecule has 2 atom stereocenters. The second kappa shape index (κ2) is 8.99. The zero-order valence-corrected chi connectivity index (χ0v) is 16.3. The molecule has 2 heterocycles. The van der Waals surface area contributed by atoms with Gasteiger partial charge in [-0.25, -0.2) is 0 Å². The molecule has 4 rings (SSSR count). The van der Waals surface area contributed by atoms with E-state index in [1.165, 1.54) is 22.2 Å². The molecule has 2 N–H and O–H groups in total. The lowest BCUT2D eigenvalue weighted by molar-refractivity contribution is -0.901. The third-order valence-corrected chi connectivity index (χ3v) is 5.74. The Morgan fingerprint density at radius 1 is 1.14 bits per heavy atom. The standard InChI is InChI=1S/C20H22N6OS/c27-19(15-28-20-22-23-24-26(20)18-9-5-2-6-10-18)21-17-11-12-25(14-17)13-16-7-3-1-4-8-16/h1-10,17H,11-15H2,(H,21,27)/p+1/t17-/m1/s1. The number of nitrogens with one attached hydrogen (secondary N) is 2. The van der Waals surface area contributed by atoms with E-state index in [9.17, 15) is 4.79 Å². The number of nitrogens with zero attached hydrogens (tertiary/aromatic N) is 4. The van der Waals surface area contributed by atoms with Gasteiger partial charge in [0.2, 0.25) is 11.1 Å². The van der Waals surface area contributed by atoms with Crippen molar-refractivity contribution in [2.24, 2.45) is 0 Å². The van der Waals surface area contributed by atoms with E-state index in [1.807, 2.05) is 36.4 Å². The first-order valence-electron chi connectivity index (χ1n) is 9.41. The molecule has 0 saturated carbocycles. The van der Waals surface area contributed by atoms with Gasteiger partial charge in [-0.05, 0) is 22.6 Å². The number of hydrogen-bond acceptors (Lipinski definition) is 5. The zero-order chi connectivity index (χ0) is 19.2. The summed E-state index contributed by atoms with van der Waals surface area (Å²) in [6.45, 7) is 3.06. The number of hydrogen-bond donors (Lipinski definition) is 2. The van der Waals surface area contributed by atoms with Crippen LogP contribution in [0.2, 0.25) is 0 Å². The molecule has 3 aromatic rings. The van der Waals surface area contributed by atoms with Crippen molar-refractivity contribution in [1.82, 2.24) is 25.5 Å². The Morgan fingerprint density at radius 2 is 1.89 bits per heavy atom. The second-order valence-electron chi connectivity index (χ2n) is 6.92. The number of rotatable bonds is 7. The number of aromatic nitrogens is 4. The van der Waals surface area contributed by atoms with E-state index in [-0.39, 0.29) is 11.9 Å². The second-order valence-corrected chi connectivity index (χ2v) is 7.86. The maximum Gasteiger partial charge on any atom is 0.230 e. The molecule has 1 saturated heterocycles. The highest BCUT2D eigenvalue weighted by Gasteiger charge is 2.27. The summed E-state index contributed by atoms with van der Waals surface area (Å²) in [6.07, 6.45) is 1.01. The van der Waals surface area contributed by atoms with Gasteiger partial charge in [-0.15, -0.1) is 5.10 Å². The molecule has 0 aliphatic carbocycles. The van der Waals surface area contributed by atoms with E-state index >= 15 is 0 Å². The number of carbonyl (C=O) groups excluding carboxylic acids is 1. The lowest BCUT2D eigenvalue weighted by Crippen LogP contribution is -3.09. The van der Waals surface area contributed by atoms with Crippen LogP contribution in [0.1, 0.15) is 12.0 Å². The van der Waals surface area contributed by atoms with Crippen LogP contribution in [0.3, 0.4) is 0 Å². The number of carbonyl (C=O) groups is 1. The fourth-order valence-corrected chi connectivity index (χ4v) is 4.20. The third-order valence-electron chi connectivity index (χ3n) is 4.82. The highest BCUT2D eigenvalue weighted by Crippen LogP contribution is 2.17. The highest BCUT2D eigenvalue weighted by molar-refractivity contribution is 7.99. The highest BCUT2D eigenvalue weighted by atomic mass is 32.2. The molecule has 7 nitrogen and oxygen atoms in total. The Kier molecular flexibility index (Phi) is 5.98. The number of tetrazole rings is 1. The molecule has 28 heavy (non-hydrogen) atoms. The fraction of sp³-hybridized carbons (Fsp3) is 0.300. The molecule has 1 aliphatic rings. The van der Waals surface area contributed by atoms with Gasteiger partial charge in [0, 0.05) is 12.0 Å². The Hall–Kier alpha value is -2.71. The van der Waals surface area contributed by atoms with Crippen molar-refractivity contribution in [3.63, 3.8) is 0 Å².